The number of phenols is 1. The second-order valence-corrected chi connectivity index (χ2v) is 10.5. The summed E-state index contributed by atoms with van der Waals surface area (Å²) in [4.78, 5) is 56.9. The number of fused-ring (bicyclic) bond motifs is 1. The number of aromatic nitrogens is 4. The smallest absolute Gasteiger partial charge is 0.425 e. The van der Waals surface area contributed by atoms with Gasteiger partial charge in [-0.25, -0.2) is 19.1 Å². The highest BCUT2D eigenvalue weighted by Gasteiger charge is 2.30. The van der Waals surface area contributed by atoms with Crippen LogP contribution in [0.4, 0.5) is 22.1 Å². The average molecular weight is 626 g/mol. The number of amides is 3. The van der Waals surface area contributed by atoms with Crippen LogP contribution in [-0.2, 0) is 9.47 Å². The first-order valence-electron chi connectivity index (χ1n) is 14.1. The summed E-state index contributed by atoms with van der Waals surface area (Å²) in [6, 6.07) is 11.5. The van der Waals surface area contributed by atoms with Crippen molar-refractivity contribution < 1.29 is 38.3 Å². The molecule has 0 unspecified atom stereocenters. The number of anilines is 3. The Bertz CT molecular complexity index is 1950. The van der Waals surface area contributed by atoms with Crippen LogP contribution in [0.3, 0.4) is 0 Å². The van der Waals surface area contributed by atoms with Crippen molar-refractivity contribution in [1.29, 1.82) is 0 Å². The summed E-state index contributed by atoms with van der Waals surface area (Å²) >= 11 is 0. The quantitative estimate of drug-likeness (QED) is 0.156. The average Bonchev–Trinajstić information content (AvgIpc) is 3.55. The summed E-state index contributed by atoms with van der Waals surface area (Å²) in [5.41, 5.74) is 3.18. The molecule has 2 aromatic carbocycles. The molecule has 1 saturated carbocycles. The summed E-state index contributed by atoms with van der Waals surface area (Å²) in [7, 11) is 0. The van der Waals surface area contributed by atoms with E-state index in [-0.39, 0.29) is 34.6 Å². The lowest BCUT2D eigenvalue weighted by Crippen LogP contribution is -2.38. The van der Waals surface area contributed by atoms with Crippen molar-refractivity contribution in [2.45, 2.75) is 32.7 Å². The van der Waals surface area contributed by atoms with Gasteiger partial charge < -0.3 is 29.7 Å². The fourth-order valence-corrected chi connectivity index (χ4v) is 4.60. The number of esters is 1. The standard InChI is InChI=1S/C31H27N7O8/c1-17-3-4-20(13-24(17)35-27-26-18(2)23(14-37(26)33-15-32-27)28(40)34-21-7-8-21)29(41)38(25-11-12-46-36-25)31(43)45-16-44-30(42)19-5-9-22(39)10-6-19/h3-6,9-15,21,39H,7-8,16H2,1-2H3,(H,34,40)(H,32,33,35). The van der Waals surface area contributed by atoms with Crippen LogP contribution in [0, 0.1) is 13.8 Å². The number of aromatic hydroxyl groups is 1. The van der Waals surface area contributed by atoms with Crippen molar-refractivity contribution in [3.63, 3.8) is 0 Å². The van der Waals surface area contributed by atoms with Gasteiger partial charge in [0.15, 0.2) is 11.6 Å². The molecule has 1 aliphatic carbocycles. The summed E-state index contributed by atoms with van der Waals surface area (Å²) < 4.78 is 16.5. The highest BCUT2D eigenvalue weighted by molar-refractivity contribution is 6.19. The van der Waals surface area contributed by atoms with Crippen LogP contribution in [-0.4, -0.2) is 61.6 Å². The van der Waals surface area contributed by atoms with Crippen molar-refractivity contribution >= 4 is 46.7 Å². The number of carbonyl (C=O) groups excluding carboxylic acids is 4. The normalized spacial score (nSPS) is 12.4. The SMILES string of the molecule is Cc1ccc(C(=O)N(C(=O)OCOC(=O)c2ccc(O)cc2)c2ccon2)cc1Nc1ncnn2cc(C(=O)NC3CC3)c(C)c12. The maximum atomic E-state index is 13.7. The minimum atomic E-state index is -1.18. The number of phenolic OH excluding ortho intramolecular Hbond substituents is 1. The molecule has 46 heavy (non-hydrogen) atoms. The van der Waals surface area contributed by atoms with Gasteiger partial charge in [-0.2, -0.15) is 10.00 Å². The maximum Gasteiger partial charge on any atom is 0.425 e. The molecule has 15 nitrogen and oxygen atoms in total. The molecule has 234 valence electrons. The summed E-state index contributed by atoms with van der Waals surface area (Å²) in [6.45, 7) is 2.82. The minimum Gasteiger partial charge on any atom is -0.508 e. The first kappa shape index (κ1) is 29.8. The van der Waals surface area contributed by atoms with Crippen molar-refractivity contribution in [3.8, 4) is 5.75 Å². The highest BCUT2D eigenvalue weighted by atomic mass is 16.7. The number of benzene rings is 2. The number of imide groups is 1. The Balaban J connectivity index is 1.21. The van der Waals surface area contributed by atoms with Crippen LogP contribution in [0.1, 0.15) is 55.0 Å². The number of hydrogen-bond acceptors (Lipinski definition) is 12. The molecular weight excluding hydrogens is 598 g/mol. The number of aryl methyl sites for hydroxylation is 2. The fraction of sp³-hybridized carbons (Fsp3) is 0.194. The lowest BCUT2D eigenvalue weighted by atomic mass is 10.1. The third-order valence-corrected chi connectivity index (χ3v) is 7.24. The number of carbonyl (C=O) groups is 4. The second kappa shape index (κ2) is 12.4. The van der Waals surface area contributed by atoms with Crippen LogP contribution >= 0.6 is 0 Å². The van der Waals surface area contributed by atoms with Gasteiger partial charge >= 0.3 is 12.1 Å². The zero-order valence-corrected chi connectivity index (χ0v) is 24.6. The van der Waals surface area contributed by atoms with Gasteiger partial charge in [-0.3, -0.25) is 9.59 Å². The van der Waals surface area contributed by atoms with Gasteiger partial charge in [0, 0.05) is 29.6 Å². The van der Waals surface area contributed by atoms with Crippen molar-refractivity contribution in [3.05, 3.63) is 95.1 Å². The molecule has 0 radical (unpaired) electrons. The van der Waals surface area contributed by atoms with E-state index in [9.17, 15) is 24.3 Å². The van der Waals surface area contributed by atoms with Crippen LogP contribution in [0.25, 0.3) is 5.52 Å². The Morgan fingerprint density at radius 2 is 1.80 bits per heavy atom. The van der Waals surface area contributed by atoms with Crippen molar-refractivity contribution in [2.75, 3.05) is 17.0 Å². The van der Waals surface area contributed by atoms with E-state index in [2.05, 4.69) is 25.9 Å². The number of rotatable bonds is 9. The Kier molecular flexibility index (Phi) is 8.03. The van der Waals surface area contributed by atoms with Crippen LogP contribution in [0.5, 0.6) is 5.75 Å². The molecule has 3 N–H and O–H groups in total. The zero-order valence-electron chi connectivity index (χ0n) is 24.6. The number of hydrogen-bond donors (Lipinski definition) is 3. The predicted molar refractivity (Wildman–Crippen MR) is 161 cm³/mol. The van der Waals surface area contributed by atoms with Crippen LogP contribution < -0.4 is 15.5 Å². The molecule has 15 heteroatoms. The van der Waals surface area contributed by atoms with Gasteiger partial charge in [-0.1, -0.05) is 11.2 Å². The molecule has 3 amide bonds. The summed E-state index contributed by atoms with van der Waals surface area (Å²) in [6.07, 6.45) is 4.91. The molecule has 0 atom stereocenters. The monoisotopic (exact) mass is 625 g/mol. The third kappa shape index (κ3) is 6.19. The van der Waals surface area contributed by atoms with Gasteiger partial charge in [0.25, 0.3) is 11.8 Å². The summed E-state index contributed by atoms with van der Waals surface area (Å²) in [5, 5.41) is 23.6. The topological polar surface area (TPSA) is 190 Å². The highest BCUT2D eigenvalue weighted by Crippen LogP contribution is 2.29. The Hall–Kier alpha value is -6.25. The summed E-state index contributed by atoms with van der Waals surface area (Å²) in [5.74, 6) is -1.60. The number of nitrogens with one attached hydrogen (secondary N) is 2. The molecule has 3 heterocycles. The van der Waals surface area contributed by atoms with E-state index in [4.69, 9.17) is 14.0 Å². The van der Waals surface area contributed by atoms with E-state index in [1.165, 1.54) is 55.1 Å². The first-order valence-corrected chi connectivity index (χ1v) is 14.1. The molecule has 0 saturated heterocycles. The first-order chi connectivity index (χ1) is 22.2. The van der Waals surface area contributed by atoms with Crippen molar-refractivity contribution in [1.82, 2.24) is 25.1 Å². The van der Waals surface area contributed by atoms with E-state index in [0.29, 0.717) is 33.0 Å². The molecule has 3 aromatic heterocycles. The molecule has 0 aliphatic heterocycles. The van der Waals surface area contributed by atoms with Gasteiger partial charge in [-0.15, -0.1) is 0 Å². The van der Waals surface area contributed by atoms with E-state index >= 15 is 0 Å². The molecule has 5 aromatic rings. The Labute approximate surface area is 260 Å². The molecule has 1 fully saturated rings. The molecule has 6 rings (SSSR count). The maximum absolute atomic E-state index is 13.7. The minimum absolute atomic E-state index is 0.0354. The van der Waals surface area contributed by atoms with E-state index in [1.807, 2.05) is 13.8 Å². The van der Waals surface area contributed by atoms with Crippen LogP contribution in [0.15, 0.2) is 71.8 Å². The fourth-order valence-electron chi connectivity index (χ4n) is 4.60. The van der Waals surface area contributed by atoms with Crippen LogP contribution in [0.2, 0.25) is 0 Å². The largest absolute Gasteiger partial charge is 0.508 e. The third-order valence-electron chi connectivity index (χ3n) is 7.24. The zero-order chi connectivity index (χ0) is 32.4. The van der Waals surface area contributed by atoms with E-state index in [0.717, 1.165) is 18.4 Å². The molecular formula is C31H27N7O8. The predicted octanol–water partition coefficient (Wildman–Crippen LogP) is 4.27. The lowest BCUT2D eigenvalue weighted by molar-refractivity contribution is -0.000382. The van der Waals surface area contributed by atoms with Gasteiger partial charge in [0.1, 0.15) is 23.9 Å². The van der Waals surface area contributed by atoms with Gasteiger partial charge in [-0.05, 0) is 74.2 Å². The lowest BCUT2D eigenvalue weighted by Gasteiger charge is -2.18. The number of ether oxygens (including phenoxy) is 2. The second-order valence-electron chi connectivity index (χ2n) is 10.5. The van der Waals surface area contributed by atoms with E-state index in [1.54, 1.807) is 16.8 Å². The van der Waals surface area contributed by atoms with Crippen molar-refractivity contribution in [2.24, 2.45) is 0 Å². The molecule has 1 aliphatic rings. The Morgan fingerprint density at radius 1 is 1.04 bits per heavy atom. The molecule has 0 bridgehead atoms. The Morgan fingerprint density at radius 3 is 2.52 bits per heavy atom. The number of nitrogens with zero attached hydrogens (tertiary/aromatic N) is 5. The molecule has 0 spiro atoms. The van der Waals surface area contributed by atoms with Gasteiger partial charge in [0.05, 0.1) is 11.1 Å². The van der Waals surface area contributed by atoms with Gasteiger partial charge in [0.2, 0.25) is 6.79 Å². The van der Waals surface area contributed by atoms with E-state index < -0.39 is 24.8 Å².